The largest absolute Gasteiger partial charge is 0.493 e. The Kier molecular flexibility index (Phi) is 6.30. The van der Waals surface area contributed by atoms with Crippen LogP contribution in [0, 0.1) is 5.92 Å². The van der Waals surface area contributed by atoms with E-state index in [1.54, 1.807) is 25.3 Å². The van der Waals surface area contributed by atoms with Gasteiger partial charge in [0.15, 0.2) is 21.3 Å². The Morgan fingerprint density at radius 3 is 2.68 bits per heavy atom. The smallest absolute Gasteiger partial charge is 0.244 e. The minimum absolute atomic E-state index is 0.0520. The topological polar surface area (TPSA) is 94.1 Å². The summed E-state index contributed by atoms with van der Waals surface area (Å²) >= 11 is 0. The number of amides is 1. The third-order valence-corrected chi connectivity index (χ3v) is 6.18. The van der Waals surface area contributed by atoms with Crippen molar-refractivity contribution in [2.24, 2.45) is 11.0 Å². The highest BCUT2D eigenvalue weighted by Gasteiger charge is 2.32. The van der Waals surface area contributed by atoms with Gasteiger partial charge in [-0.15, -0.1) is 0 Å². The van der Waals surface area contributed by atoms with Crippen LogP contribution in [0.2, 0.25) is 0 Å². The van der Waals surface area contributed by atoms with Gasteiger partial charge in [-0.2, -0.15) is 5.10 Å². The van der Waals surface area contributed by atoms with Crippen LogP contribution in [0.25, 0.3) is 0 Å². The molecule has 0 aromatic heterocycles. The number of nitrogens with one attached hydrogen (secondary N) is 1. The fraction of sp³-hybridized carbons (Fsp3) is 0.300. The number of rotatable bonds is 7. The number of benzene rings is 2. The molecule has 7 nitrogen and oxygen atoms in total. The molecule has 148 valence electrons. The minimum atomic E-state index is -3.10. The second kappa shape index (κ2) is 8.88. The molecule has 0 bridgehead atoms. The van der Waals surface area contributed by atoms with Crippen molar-refractivity contribution in [3.8, 4) is 11.5 Å². The number of hydrazone groups is 1. The van der Waals surface area contributed by atoms with Gasteiger partial charge >= 0.3 is 0 Å². The molecule has 1 aliphatic heterocycles. The maximum absolute atomic E-state index is 12.0. The van der Waals surface area contributed by atoms with Crippen LogP contribution in [0.4, 0.5) is 0 Å². The van der Waals surface area contributed by atoms with E-state index in [9.17, 15) is 13.2 Å². The van der Waals surface area contributed by atoms with E-state index in [0.29, 0.717) is 30.1 Å². The van der Waals surface area contributed by atoms with Crippen molar-refractivity contribution in [3.05, 3.63) is 59.7 Å². The highest BCUT2D eigenvalue weighted by Crippen LogP contribution is 2.28. The molecule has 3 rings (SSSR count). The van der Waals surface area contributed by atoms with Crippen molar-refractivity contribution < 1.29 is 22.7 Å². The lowest BCUT2D eigenvalue weighted by atomic mass is 10.1. The van der Waals surface area contributed by atoms with Gasteiger partial charge < -0.3 is 9.47 Å². The fourth-order valence-corrected chi connectivity index (χ4v) is 4.62. The Balaban J connectivity index is 1.58. The van der Waals surface area contributed by atoms with Crippen molar-refractivity contribution in [1.82, 2.24) is 5.43 Å². The third kappa shape index (κ3) is 5.32. The summed E-state index contributed by atoms with van der Waals surface area (Å²) in [5.74, 6) is 0.167. The van der Waals surface area contributed by atoms with Crippen molar-refractivity contribution in [3.63, 3.8) is 0 Å². The van der Waals surface area contributed by atoms with Gasteiger partial charge in [0.1, 0.15) is 6.61 Å². The van der Waals surface area contributed by atoms with Crippen LogP contribution in [0.1, 0.15) is 17.5 Å². The maximum Gasteiger partial charge on any atom is 0.244 e. The first-order valence-corrected chi connectivity index (χ1v) is 10.7. The molecule has 2 aromatic carbocycles. The van der Waals surface area contributed by atoms with E-state index in [1.807, 2.05) is 30.3 Å². The number of hydrogen-bond donors (Lipinski definition) is 1. The summed E-state index contributed by atoms with van der Waals surface area (Å²) in [4.78, 5) is 12.0. The number of carbonyl (C=O) groups is 1. The van der Waals surface area contributed by atoms with E-state index in [-0.39, 0.29) is 17.4 Å². The third-order valence-electron chi connectivity index (χ3n) is 4.42. The second-order valence-electron chi connectivity index (χ2n) is 6.52. The van der Waals surface area contributed by atoms with E-state index < -0.39 is 15.8 Å². The van der Waals surface area contributed by atoms with Crippen LogP contribution in [0.3, 0.4) is 0 Å². The standard InChI is InChI=1S/C20H22N2O5S/c1-26-19-11-16(7-8-18(19)27-13-15-5-3-2-4-6-15)12-21-22-20(23)17-9-10-28(24,25)14-17/h2-8,11-12,17H,9-10,13-14H2,1H3,(H,22,23)/b21-12-/t17-/m0/s1. The van der Waals surface area contributed by atoms with Crippen LogP contribution in [-0.4, -0.2) is 39.2 Å². The lowest BCUT2D eigenvalue weighted by Crippen LogP contribution is -2.27. The summed E-state index contributed by atoms with van der Waals surface area (Å²) < 4.78 is 34.1. The van der Waals surface area contributed by atoms with Gasteiger partial charge in [0.05, 0.1) is 30.7 Å². The van der Waals surface area contributed by atoms with Crippen molar-refractivity contribution >= 4 is 22.0 Å². The second-order valence-corrected chi connectivity index (χ2v) is 8.75. The van der Waals surface area contributed by atoms with Gasteiger partial charge in [-0.05, 0) is 35.7 Å². The molecule has 1 saturated heterocycles. The van der Waals surface area contributed by atoms with Crippen LogP contribution >= 0.6 is 0 Å². The number of ether oxygens (including phenoxy) is 2. The summed E-state index contributed by atoms with van der Waals surface area (Å²) in [6.07, 6.45) is 1.82. The van der Waals surface area contributed by atoms with Gasteiger partial charge in [0.25, 0.3) is 0 Å². The quantitative estimate of drug-likeness (QED) is 0.566. The predicted molar refractivity (Wildman–Crippen MR) is 106 cm³/mol. The molecule has 28 heavy (non-hydrogen) atoms. The Bertz CT molecular complexity index is 958. The zero-order chi connectivity index (χ0) is 20.0. The molecule has 0 saturated carbocycles. The van der Waals surface area contributed by atoms with Crippen molar-refractivity contribution in [1.29, 1.82) is 0 Å². The Morgan fingerprint density at radius 1 is 1.21 bits per heavy atom. The van der Waals surface area contributed by atoms with Gasteiger partial charge in [-0.25, -0.2) is 13.8 Å². The van der Waals surface area contributed by atoms with E-state index >= 15 is 0 Å². The van der Waals surface area contributed by atoms with E-state index in [0.717, 1.165) is 5.56 Å². The molecule has 2 aromatic rings. The predicted octanol–water partition coefficient (Wildman–Crippen LogP) is 2.16. The van der Waals surface area contributed by atoms with Gasteiger partial charge in [-0.1, -0.05) is 30.3 Å². The molecule has 1 N–H and O–H groups in total. The summed E-state index contributed by atoms with van der Waals surface area (Å²) in [5, 5.41) is 3.92. The monoisotopic (exact) mass is 402 g/mol. The van der Waals surface area contributed by atoms with Gasteiger partial charge in [-0.3, -0.25) is 4.79 Å². The SMILES string of the molecule is COc1cc(/C=N\NC(=O)[C@H]2CCS(=O)(=O)C2)ccc1OCc1ccccc1. The lowest BCUT2D eigenvalue weighted by Gasteiger charge is -2.11. The van der Waals surface area contributed by atoms with Crippen LogP contribution in [0.5, 0.6) is 11.5 Å². The van der Waals surface area contributed by atoms with Gasteiger partial charge in [0, 0.05) is 0 Å². The molecule has 0 spiro atoms. The average Bonchev–Trinajstić information content (AvgIpc) is 3.07. The highest BCUT2D eigenvalue weighted by atomic mass is 32.2. The summed E-state index contributed by atoms with van der Waals surface area (Å²) in [7, 11) is -1.55. The number of methoxy groups -OCH3 is 1. The molecule has 0 aliphatic carbocycles. The van der Waals surface area contributed by atoms with E-state index in [4.69, 9.17) is 9.47 Å². The summed E-state index contributed by atoms with van der Waals surface area (Å²) in [5.41, 5.74) is 4.16. The number of nitrogens with zero attached hydrogens (tertiary/aromatic N) is 1. The molecule has 0 unspecified atom stereocenters. The molecule has 1 heterocycles. The number of sulfone groups is 1. The fourth-order valence-electron chi connectivity index (χ4n) is 2.88. The molecule has 8 heteroatoms. The Labute approximate surface area is 164 Å². The normalized spacial score (nSPS) is 18.1. The molecule has 1 fully saturated rings. The first kappa shape index (κ1) is 19.9. The number of hydrogen-bond acceptors (Lipinski definition) is 6. The summed E-state index contributed by atoms with van der Waals surface area (Å²) in [6, 6.07) is 15.1. The molecule has 1 atom stereocenters. The van der Waals surface area contributed by atoms with Crippen molar-refractivity contribution in [2.45, 2.75) is 13.0 Å². The molecule has 1 aliphatic rings. The Morgan fingerprint density at radius 2 is 2.00 bits per heavy atom. The van der Waals surface area contributed by atoms with Gasteiger partial charge in [0.2, 0.25) is 5.91 Å². The molecular weight excluding hydrogens is 380 g/mol. The lowest BCUT2D eigenvalue weighted by molar-refractivity contribution is -0.124. The zero-order valence-electron chi connectivity index (χ0n) is 15.5. The minimum Gasteiger partial charge on any atom is -0.493 e. The average molecular weight is 402 g/mol. The Hall–Kier alpha value is -2.87. The number of carbonyl (C=O) groups excluding carboxylic acids is 1. The van der Waals surface area contributed by atoms with E-state index in [1.165, 1.54) is 6.21 Å². The summed E-state index contributed by atoms with van der Waals surface area (Å²) in [6.45, 7) is 0.422. The van der Waals surface area contributed by atoms with Crippen LogP contribution in [-0.2, 0) is 21.2 Å². The molecular formula is C20H22N2O5S. The van der Waals surface area contributed by atoms with E-state index in [2.05, 4.69) is 10.5 Å². The highest BCUT2D eigenvalue weighted by molar-refractivity contribution is 7.91. The molecule has 1 amide bonds. The van der Waals surface area contributed by atoms with Crippen LogP contribution in [0.15, 0.2) is 53.6 Å². The molecule has 0 radical (unpaired) electrons. The maximum atomic E-state index is 12.0. The zero-order valence-corrected chi connectivity index (χ0v) is 16.3. The first-order valence-electron chi connectivity index (χ1n) is 8.85. The first-order chi connectivity index (χ1) is 13.5. The van der Waals surface area contributed by atoms with Crippen LogP contribution < -0.4 is 14.9 Å². The van der Waals surface area contributed by atoms with Crippen molar-refractivity contribution in [2.75, 3.05) is 18.6 Å².